The summed E-state index contributed by atoms with van der Waals surface area (Å²) in [6, 6.07) is 4.39. The second-order valence-electron chi connectivity index (χ2n) is 4.22. The molecule has 0 atom stereocenters. The molecule has 1 saturated heterocycles. The van der Waals surface area contributed by atoms with Crippen molar-refractivity contribution >= 4 is 17.8 Å². The molecule has 1 aromatic rings. The van der Waals surface area contributed by atoms with Gasteiger partial charge in [-0.15, -0.1) is 0 Å². The topological polar surface area (TPSA) is 63.6 Å². The molecule has 4 nitrogen and oxygen atoms in total. The molecule has 0 amide bonds. The van der Waals surface area contributed by atoms with Crippen LogP contribution in [0.2, 0.25) is 0 Å². The Kier molecular flexibility index (Phi) is 3.84. The number of esters is 1. The van der Waals surface area contributed by atoms with Gasteiger partial charge in [-0.3, -0.25) is 4.79 Å². The third kappa shape index (κ3) is 3.31. The lowest BCUT2D eigenvalue weighted by Gasteiger charge is -2.06. The number of Topliss-reactive ketones (excluding diaryl/α,β-unsaturated/α-hetero) is 1. The highest BCUT2D eigenvalue weighted by Crippen LogP contribution is 2.29. The normalized spacial score (nSPS) is 18.2. The maximum Gasteiger partial charge on any atom is 0.416 e. The molecule has 0 saturated carbocycles. The molecule has 0 bridgehead atoms. The fourth-order valence-electron chi connectivity index (χ4n) is 1.71. The van der Waals surface area contributed by atoms with E-state index in [1.165, 1.54) is 12.1 Å². The van der Waals surface area contributed by atoms with E-state index < -0.39 is 41.4 Å². The Morgan fingerprint density at radius 3 is 2.57 bits per heavy atom. The molecule has 1 aliphatic rings. The monoisotopic (exact) mass is 298 g/mol. The number of aliphatic hydroxyl groups excluding tert-OH is 1. The molecule has 0 aliphatic carbocycles. The van der Waals surface area contributed by atoms with Crippen molar-refractivity contribution in [2.75, 3.05) is 6.61 Å². The summed E-state index contributed by atoms with van der Waals surface area (Å²) < 4.78 is 42.0. The van der Waals surface area contributed by atoms with E-state index in [1.54, 1.807) is 0 Å². The van der Waals surface area contributed by atoms with Gasteiger partial charge in [-0.1, -0.05) is 18.2 Å². The number of hydrogen-bond donors (Lipinski definition) is 1. The minimum atomic E-state index is -4.48. The summed E-state index contributed by atoms with van der Waals surface area (Å²) in [4.78, 5) is 22.5. The highest BCUT2D eigenvalue weighted by atomic mass is 19.4. The smallest absolute Gasteiger partial charge is 0.416 e. The number of hydrogen-bond acceptors (Lipinski definition) is 4. The van der Waals surface area contributed by atoms with Gasteiger partial charge in [-0.2, -0.15) is 13.2 Å². The lowest BCUT2D eigenvalue weighted by Crippen LogP contribution is -2.05. The van der Waals surface area contributed by atoms with E-state index in [0.29, 0.717) is 0 Å². The Morgan fingerprint density at radius 1 is 1.29 bits per heavy atom. The van der Waals surface area contributed by atoms with E-state index >= 15 is 0 Å². The average Bonchev–Trinajstić information content (AvgIpc) is 2.75. The number of carbonyl (C=O) groups excluding carboxylic acids is 2. The number of cyclic esters (lactones) is 1. The van der Waals surface area contributed by atoms with E-state index in [0.717, 1.165) is 24.3 Å². The molecule has 2 rings (SSSR count). The van der Waals surface area contributed by atoms with Crippen LogP contribution in [0.25, 0.3) is 6.08 Å². The highest BCUT2D eigenvalue weighted by Gasteiger charge is 2.31. The molecule has 0 aromatic heterocycles. The fourth-order valence-corrected chi connectivity index (χ4v) is 1.71. The van der Waals surface area contributed by atoms with Gasteiger partial charge in [0, 0.05) is 0 Å². The molecule has 1 aliphatic heterocycles. The number of allylic oxidation sites excluding steroid dienone is 1. The third-order valence-electron chi connectivity index (χ3n) is 2.72. The molecule has 0 unspecified atom stereocenters. The lowest BCUT2D eigenvalue weighted by atomic mass is 10.1. The van der Waals surface area contributed by atoms with Crippen LogP contribution in [0, 0.1) is 0 Å². The van der Waals surface area contributed by atoms with E-state index in [1.807, 2.05) is 0 Å². The summed E-state index contributed by atoms with van der Waals surface area (Å²) in [7, 11) is 0. The molecule has 1 heterocycles. The zero-order chi connectivity index (χ0) is 15.6. The number of carbonyl (C=O) groups is 2. The molecular weight excluding hydrogens is 289 g/mol. The molecule has 1 aromatic carbocycles. The van der Waals surface area contributed by atoms with Crippen molar-refractivity contribution in [1.29, 1.82) is 0 Å². The van der Waals surface area contributed by atoms with Crippen molar-refractivity contribution in [3.63, 3.8) is 0 Å². The van der Waals surface area contributed by atoms with E-state index in [2.05, 4.69) is 4.74 Å². The Bertz CT molecular complexity index is 638. The Balaban J connectivity index is 2.28. The number of aliphatic hydroxyl groups is 1. The van der Waals surface area contributed by atoms with Crippen molar-refractivity contribution in [2.45, 2.75) is 6.18 Å². The number of ketones is 1. The second kappa shape index (κ2) is 5.43. The standard InChI is InChI=1S/C14H9F3O4/c15-14(16,17)9-3-1-2-8(6-9)4-5-10(18)12-11(19)7-21-13(12)20/h1-6,18H,7H2/b5-4+,12-10?. The van der Waals surface area contributed by atoms with Gasteiger partial charge in [0.05, 0.1) is 5.56 Å². The molecule has 7 heteroatoms. The zero-order valence-electron chi connectivity index (χ0n) is 10.5. The number of halogens is 3. The van der Waals surface area contributed by atoms with Gasteiger partial charge in [0.2, 0.25) is 5.78 Å². The molecule has 110 valence electrons. The molecule has 1 fully saturated rings. The van der Waals surface area contributed by atoms with Crippen LogP contribution >= 0.6 is 0 Å². The van der Waals surface area contributed by atoms with E-state index in [4.69, 9.17) is 0 Å². The first-order valence-electron chi connectivity index (χ1n) is 5.78. The first-order chi connectivity index (χ1) is 9.79. The van der Waals surface area contributed by atoms with Gasteiger partial charge in [0.1, 0.15) is 11.3 Å². The van der Waals surface area contributed by atoms with Crippen LogP contribution in [0.3, 0.4) is 0 Å². The van der Waals surface area contributed by atoms with Crippen molar-refractivity contribution < 1.29 is 32.6 Å². The average molecular weight is 298 g/mol. The van der Waals surface area contributed by atoms with Crippen LogP contribution in [0.1, 0.15) is 11.1 Å². The number of benzene rings is 1. The summed E-state index contributed by atoms with van der Waals surface area (Å²) in [6.07, 6.45) is -2.33. The van der Waals surface area contributed by atoms with Gasteiger partial charge < -0.3 is 9.84 Å². The van der Waals surface area contributed by atoms with Gasteiger partial charge in [0.25, 0.3) is 0 Å². The Morgan fingerprint density at radius 2 is 2.00 bits per heavy atom. The molecular formula is C14H9F3O4. The van der Waals surface area contributed by atoms with Crippen LogP contribution in [-0.4, -0.2) is 23.5 Å². The van der Waals surface area contributed by atoms with Crippen molar-refractivity contribution in [3.05, 3.63) is 52.8 Å². The van der Waals surface area contributed by atoms with Crippen LogP contribution in [0.15, 0.2) is 41.7 Å². The van der Waals surface area contributed by atoms with Crippen LogP contribution in [0.5, 0.6) is 0 Å². The van der Waals surface area contributed by atoms with Crippen LogP contribution < -0.4 is 0 Å². The highest BCUT2D eigenvalue weighted by molar-refractivity contribution is 6.22. The summed E-state index contributed by atoms with van der Waals surface area (Å²) in [5, 5.41) is 9.63. The van der Waals surface area contributed by atoms with Gasteiger partial charge >= 0.3 is 12.1 Å². The Hall–Kier alpha value is -2.57. The number of ether oxygens (including phenoxy) is 1. The summed E-state index contributed by atoms with van der Waals surface area (Å²) in [5.41, 5.74) is -1.18. The van der Waals surface area contributed by atoms with Gasteiger partial charge in [0.15, 0.2) is 6.61 Å². The maximum absolute atomic E-state index is 12.5. The number of rotatable bonds is 2. The van der Waals surface area contributed by atoms with E-state index in [-0.39, 0.29) is 5.56 Å². The maximum atomic E-state index is 12.5. The largest absolute Gasteiger partial charge is 0.507 e. The zero-order valence-corrected chi connectivity index (χ0v) is 10.5. The van der Waals surface area contributed by atoms with Crippen molar-refractivity contribution in [2.24, 2.45) is 0 Å². The quantitative estimate of drug-likeness (QED) is 0.394. The summed E-state index contributed by atoms with van der Waals surface area (Å²) >= 11 is 0. The van der Waals surface area contributed by atoms with Crippen LogP contribution in [-0.2, 0) is 20.5 Å². The summed E-state index contributed by atoms with van der Waals surface area (Å²) in [5.74, 6) is -2.27. The molecule has 0 spiro atoms. The first kappa shape index (κ1) is 14.8. The molecule has 21 heavy (non-hydrogen) atoms. The van der Waals surface area contributed by atoms with E-state index in [9.17, 15) is 27.9 Å². The van der Waals surface area contributed by atoms with Gasteiger partial charge in [-0.25, -0.2) is 4.79 Å². The summed E-state index contributed by atoms with van der Waals surface area (Å²) in [6.45, 7) is -0.449. The molecule has 1 N–H and O–H groups in total. The van der Waals surface area contributed by atoms with Crippen LogP contribution in [0.4, 0.5) is 13.2 Å². The van der Waals surface area contributed by atoms with Crippen molar-refractivity contribution in [3.8, 4) is 0 Å². The minimum Gasteiger partial charge on any atom is -0.507 e. The minimum absolute atomic E-state index is 0.163. The Labute approximate surface area is 117 Å². The van der Waals surface area contributed by atoms with Crippen molar-refractivity contribution in [1.82, 2.24) is 0 Å². The predicted octanol–water partition coefficient (Wildman–Crippen LogP) is 2.66. The molecule has 0 radical (unpaired) electrons. The number of alkyl halides is 3. The predicted molar refractivity (Wildman–Crippen MR) is 66.1 cm³/mol. The van der Waals surface area contributed by atoms with Gasteiger partial charge in [-0.05, 0) is 23.8 Å². The third-order valence-corrected chi connectivity index (χ3v) is 2.72. The second-order valence-corrected chi connectivity index (χ2v) is 4.22. The first-order valence-corrected chi connectivity index (χ1v) is 5.78. The SMILES string of the molecule is O=C1COC(=O)C1=C(O)/C=C/c1cccc(C(F)(F)F)c1. The lowest BCUT2D eigenvalue weighted by molar-refractivity contribution is -0.137. The fraction of sp³-hybridized carbons (Fsp3) is 0.143.